The van der Waals surface area contributed by atoms with Crippen LogP contribution in [0.2, 0.25) is 0 Å². The summed E-state index contributed by atoms with van der Waals surface area (Å²) in [5, 5.41) is 21.9. The Morgan fingerprint density at radius 3 is 1.95 bits per heavy atom. The van der Waals surface area contributed by atoms with Gasteiger partial charge in [0.05, 0.1) is 11.7 Å². The van der Waals surface area contributed by atoms with Crippen molar-refractivity contribution in [1.29, 1.82) is 0 Å². The van der Waals surface area contributed by atoms with Crippen LogP contribution < -0.4 is 5.32 Å². The number of rotatable bonds is 7. The van der Waals surface area contributed by atoms with Gasteiger partial charge in [0, 0.05) is 0 Å². The second-order valence-electron chi connectivity index (χ2n) is 7.26. The van der Waals surface area contributed by atoms with Gasteiger partial charge in [-0.25, -0.2) is 0 Å². The third-order valence-electron chi connectivity index (χ3n) is 2.37. The lowest BCUT2D eigenvalue weighted by atomic mass is 10.1. The van der Waals surface area contributed by atoms with Crippen LogP contribution in [-0.2, 0) is 14.3 Å². The molecule has 0 spiro atoms. The second kappa shape index (κ2) is 8.08. The Bertz CT molecular complexity index is 317. The fourth-order valence-corrected chi connectivity index (χ4v) is 1.59. The van der Waals surface area contributed by atoms with E-state index in [0.717, 1.165) is 0 Å². The molecule has 6 heteroatoms. The van der Waals surface area contributed by atoms with E-state index in [0.29, 0.717) is 12.8 Å². The van der Waals surface area contributed by atoms with Crippen LogP contribution in [0, 0.1) is 0 Å². The first-order valence-corrected chi connectivity index (χ1v) is 7.33. The zero-order chi connectivity index (χ0) is 16.8. The average molecular weight is 305 g/mol. The molecule has 3 atom stereocenters. The van der Waals surface area contributed by atoms with E-state index in [2.05, 4.69) is 5.32 Å². The number of carbonyl (C=O) groups excluding carboxylic acids is 1. The maximum absolute atomic E-state index is 12.1. The van der Waals surface area contributed by atoms with Gasteiger partial charge in [-0.2, -0.15) is 0 Å². The molecule has 0 fully saturated rings. The Hall–Kier alpha value is -0.690. The van der Waals surface area contributed by atoms with E-state index >= 15 is 0 Å². The van der Waals surface area contributed by atoms with Gasteiger partial charge in [-0.15, -0.1) is 0 Å². The maximum atomic E-state index is 12.1. The number of hydrogen-bond donors (Lipinski definition) is 3. The molecule has 0 aromatic heterocycles. The van der Waals surface area contributed by atoms with E-state index in [4.69, 9.17) is 9.47 Å². The Labute approximate surface area is 127 Å². The van der Waals surface area contributed by atoms with Crippen LogP contribution in [0.5, 0.6) is 0 Å². The normalized spacial score (nSPS) is 17.2. The first kappa shape index (κ1) is 20.3. The Morgan fingerprint density at radius 1 is 1.05 bits per heavy atom. The lowest BCUT2D eigenvalue weighted by molar-refractivity contribution is -0.193. The fourth-order valence-electron chi connectivity index (χ4n) is 1.59. The minimum atomic E-state index is -1.28. The summed E-state index contributed by atoms with van der Waals surface area (Å²) in [5.41, 5.74) is -1.16. The molecule has 0 aromatic carbocycles. The van der Waals surface area contributed by atoms with Gasteiger partial charge in [0.15, 0.2) is 0 Å². The smallest absolute Gasteiger partial charge is 0.323 e. The molecule has 3 N–H and O–H groups in total. The molecule has 0 amide bonds. The largest absolute Gasteiger partial charge is 0.459 e. The third-order valence-corrected chi connectivity index (χ3v) is 2.37. The van der Waals surface area contributed by atoms with E-state index in [1.165, 1.54) is 0 Å². The molecule has 0 aromatic rings. The molecular weight excluding hydrogens is 274 g/mol. The van der Waals surface area contributed by atoms with Gasteiger partial charge < -0.3 is 19.7 Å². The summed E-state index contributed by atoms with van der Waals surface area (Å²) in [4.78, 5) is 12.1. The van der Waals surface area contributed by atoms with Gasteiger partial charge in [-0.3, -0.25) is 10.1 Å². The number of carbonyl (C=O) groups is 1. The van der Waals surface area contributed by atoms with Crippen molar-refractivity contribution in [2.75, 3.05) is 0 Å². The van der Waals surface area contributed by atoms with Crippen LogP contribution in [0.1, 0.15) is 61.3 Å². The molecule has 0 aliphatic rings. The highest BCUT2D eigenvalue weighted by molar-refractivity contribution is 5.76. The molecule has 0 heterocycles. The fraction of sp³-hybridized carbons (Fsp3) is 0.933. The summed E-state index contributed by atoms with van der Waals surface area (Å²) in [5.74, 6) is -0.472. The van der Waals surface area contributed by atoms with Crippen molar-refractivity contribution < 1.29 is 24.5 Å². The SMILES string of the molecule is CC(O)CC[C@@H](NC(O)OC(C)(C)C)C(=O)OC(C)(C)C. The van der Waals surface area contributed by atoms with Crippen molar-refractivity contribution in [3.05, 3.63) is 0 Å². The number of aliphatic hydroxyl groups is 2. The second-order valence-corrected chi connectivity index (χ2v) is 7.26. The standard InChI is InChI=1S/C15H31NO5/c1-10(17)8-9-11(12(18)20-14(2,3)4)16-13(19)21-15(5,6)7/h10-11,13,16-17,19H,8-9H2,1-7H3/t10?,11-,13?/m1/s1. The maximum Gasteiger partial charge on any atom is 0.323 e. The molecule has 21 heavy (non-hydrogen) atoms. The summed E-state index contributed by atoms with van der Waals surface area (Å²) in [6.45, 7) is 12.4. The minimum Gasteiger partial charge on any atom is -0.459 e. The van der Waals surface area contributed by atoms with Gasteiger partial charge in [-0.1, -0.05) is 0 Å². The highest BCUT2D eigenvalue weighted by Crippen LogP contribution is 2.14. The molecule has 0 aliphatic heterocycles. The number of ether oxygens (including phenoxy) is 2. The van der Waals surface area contributed by atoms with Crippen LogP contribution in [0.15, 0.2) is 0 Å². The number of esters is 1. The summed E-state index contributed by atoms with van der Waals surface area (Å²) < 4.78 is 10.6. The van der Waals surface area contributed by atoms with Crippen LogP contribution in [0.3, 0.4) is 0 Å². The number of nitrogens with one attached hydrogen (secondary N) is 1. The van der Waals surface area contributed by atoms with Crippen LogP contribution in [0.25, 0.3) is 0 Å². The van der Waals surface area contributed by atoms with E-state index in [-0.39, 0.29) is 0 Å². The van der Waals surface area contributed by atoms with Gasteiger partial charge in [0.25, 0.3) is 0 Å². The van der Waals surface area contributed by atoms with E-state index < -0.39 is 35.7 Å². The van der Waals surface area contributed by atoms with Gasteiger partial charge >= 0.3 is 5.97 Å². The molecule has 0 saturated heterocycles. The number of aliphatic hydroxyl groups excluding tert-OH is 2. The molecule has 2 unspecified atom stereocenters. The van der Waals surface area contributed by atoms with Crippen molar-refractivity contribution in [2.45, 2.75) is 91.1 Å². The summed E-state index contributed by atoms with van der Waals surface area (Å²) in [6, 6.07) is -0.740. The Balaban J connectivity index is 4.69. The Morgan fingerprint density at radius 2 is 1.57 bits per heavy atom. The molecule has 0 aliphatic carbocycles. The van der Waals surface area contributed by atoms with Gasteiger partial charge in [0.2, 0.25) is 6.41 Å². The molecule has 0 bridgehead atoms. The summed E-state index contributed by atoms with van der Waals surface area (Å²) >= 11 is 0. The van der Waals surface area contributed by atoms with Crippen molar-refractivity contribution in [1.82, 2.24) is 5.32 Å². The van der Waals surface area contributed by atoms with Crippen LogP contribution in [0.4, 0.5) is 0 Å². The number of hydrogen-bond acceptors (Lipinski definition) is 6. The Kier molecular flexibility index (Phi) is 7.81. The predicted octanol–water partition coefficient (Wildman–Crippen LogP) is 1.54. The average Bonchev–Trinajstić information content (AvgIpc) is 2.18. The quantitative estimate of drug-likeness (QED) is 0.488. The zero-order valence-electron chi connectivity index (χ0n) is 14.3. The van der Waals surface area contributed by atoms with Crippen molar-refractivity contribution >= 4 is 5.97 Å². The van der Waals surface area contributed by atoms with E-state index in [1.54, 1.807) is 48.5 Å². The van der Waals surface area contributed by atoms with Crippen molar-refractivity contribution in [3.63, 3.8) is 0 Å². The molecule has 6 nitrogen and oxygen atoms in total. The third kappa shape index (κ3) is 11.6. The van der Waals surface area contributed by atoms with Crippen molar-refractivity contribution in [2.24, 2.45) is 0 Å². The van der Waals surface area contributed by atoms with Gasteiger partial charge in [0.1, 0.15) is 11.6 Å². The van der Waals surface area contributed by atoms with E-state index in [9.17, 15) is 15.0 Å². The van der Waals surface area contributed by atoms with Crippen LogP contribution >= 0.6 is 0 Å². The molecule has 0 saturated carbocycles. The van der Waals surface area contributed by atoms with E-state index in [1.807, 2.05) is 0 Å². The first-order chi connectivity index (χ1) is 9.30. The van der Waals surface area contributed by atoms with Crippen molar-refractivity contribution in [3.8, 4) is 0 Å². The lowest BCUT2D eigenvalue weighted by Crippen LogP contribution is -2.49. The summed E-state index contributed by atoms with van der Waals surface area (Å²) in [7, 11) is 0. The van der Waals surface area contributed by atoms with Gasteiger partial charge in [-0.05, 0) is 61.3 Å². The molecular formula is C15H31NO5. The minimum absolute atomic E-state index is 0.344. The topological polar surface area (TPSA) is 88.0 Å². The summed E-state index contributed by atoms with van der Waals surface area (Å²) in [6.07, 6.45) is -1.05. The molecule has 0 rings (SSSR count). The lowest BCUT2D eigenvalue weighted by Gasteiger charge is -2.29. The zero-order valence-corrected chi connectivity index (χ0v) is 14.3. The van der Waals surface area contributed by atoms with Crippen LogP contribution in [-0.4, -0.2) is 45.9 Å². The molecule has 126 valence electrons. The first-order valence-electron chi connectivity index (χ1n) is 7.33. The predicted molar refractivity (Wildman–Crippen MR) is 80.5 cm³/mol. The monoisotopic (exact) mass is 305 g/mol. The molecule has 0 radical (unpaired) electrons. The highest BCUT2D eigenvalue weighted by Gasteiger charge is 2.28. The highest BCUT2D eigenvalue weighted by atomic mass is 16.6.